The third kappa shape index (κ3) is 6.13. The minimum atomic E-state index is -0.819. The number of rotatable bonds is 7. The van der Waals surface area contributed by atoms with Crippen LogP contribution in [0.1, 0.15) is 43.7 Å². The van der Waals surface area contributed by atoms with E-state index < -0.39 is 11.6 Å². The maximum absolute atomic E-state index is 13.7. The van der Waals surface area contributed by atoms with Gasteiger partial charge in [0.2, 0.25) is 0 Å². The summed E-state index contributed by atoms with van der Waals surface area (Å²) in [5.41, 5.74) is 4.44. The molecule has 0 bridgehead atoms. The molecule has 0 aliphatic carbocycles. The number of halogens is 2. The van der Waals surface area contributed by atoms with Crippen LogP contribution in [0.3, 0.4) is 0 Å². The van der Waals surface area contributed by atoms with E-state index in [2.05, 4.69) is 61.1 Å². The van der Waals surface area contributed by atoms with Crippen molar-refractivity contribution in [3.05, 3.63) is 102 Å². The number of allylic oxidation sites excluding steroid dienone is 1. The van der Waals surface area contributed by atoms with Crippen LogP contribution in [0.2, 0.25) is 0 Å². The highest BCUT2D eigenvalue weighted by Gasteiger charge is 2.23. The van der Waals surface area contributed by atoms with Crippen molar-refractivity contribution in [1.82, 2.24) is 4.31 Å². The van der Waals surface area contributed by atoms with Gasteiger partial charge in [0.25, 0.3) is 0 Å². The Balaban J connectivity index is 1.45. The Labute approximate surface area is 200 Å². The summed E-state index contributed by atoms with van der Waals surface area (Å²) in [6.45, 7) is 10.5. The van der Waals surface area contributed by atoms with Gasteiger partial charge in [-0.25, -0.2) is 13.1 Å². The molecular formula is C29H31F2NS. The normalized spacial score (nSPS) is 17.2. The second-order valence-corrected chi connectivity index (χ2v) is 10.8. The van der Waals surface area contributed by atoms with E-state index in [1.165, 1.54) is 29.7 Å². The predicted octanol–water partition coefficient (Wildman–Crippen LogP) is 8.27. The second-order valence-electron chi connectivity index (χ2n) is 9.59. The van der Waals surface area contributed by atoms with Gasteiger partial charge in [0, 0.05) is 18.0 Å². The first-order valence-electron chi connectivity index (χ1n) is 11.5. The van der Waals surface area contributed by atoms with Gasteiger partial charge < -0.3 is 0 Å². The zero-order valence-corrected chi connectivity index (χ0v) is 20.2. The lowest BCUT2D eigenvalue weighted by Crippen LogP contribution is -2.29. The van der Waals surface area contributed by atoms with E-state index in [1.807, 2.05) is 18.2 Å². The van der Waals surface area contributed by atoms with E-state index in [0.717, 1.165) is 36.4 Å². The summed E-state index contributed by atoms with van der Waals surface area (Å²) < 4.78 is 29.4. The minimum absolute atomic E-state index is 0.0888. The molecule has 1 fully saturated rings. The lowest BCUT2D eigenvalue weighted by molar-refractivity contribution is 0.342. The largest absolute Gasteiger partial charge is 0.246 e. The Kier molecular flexibility index (Phi) is 7.35. The molecule has 3 aromatic rings. The summed E-state index contributed by atoms with van der Waals surface area (Å²) in [5, 5.41) is 0. The van der Waals surface area contributed by atoms with Crippen molar-refractivity contribution in [3.8, 4) is 11.1 Å². The van der Waals surface area contributed by atoms with Crippen LogP contribution in [0.15, 0.2) is 84.3 Å². The van der Waals surface area contributed by atoms with E-state index in [9.17, 15) is 8.78 Å². The van der Waals surface area contributed by atoms with Gasteiger partial charge in [-0.2, -0.15) is 0 Å². The van der Waals surface area contributed by atoms with E-state index in [4.69, 9.17) is 0 Å². The molecule has 1 unspecified atom stereocenters. The molecule has 0 radical (unpaired) electrons. The summed E-state index contributed by atoms with van der Waals surface area (Å²) >= 11 is 1.75. The molecule has 1 atom stereocenters. The van der Waals surface area contributed by atoms with Crippen LogP contribution in [0.5, 0.6) is 0 Å². The molecule has 1 saturated heterocycles. The molecule has 3 aromatic carbocycles. The molecule has 0 spiro atoms. The molecule has 1 aliphatic rings. The lowest BCUT2D eigenvalue weighted by Gasteiger charge is -2.32. The lowest BCUT2D eigenvalue weighted by atomic mass is 9.84. The van der Waals surface area contributed by atoms with Crippen molar-refractivity contribution >= 4 is 11.9 Å². The van der Waals surface area contributed by atoms with Gasteiger partial charge >= 0.3 is 0 Å². The quantitative estimate of drug-likeness (QED) is 0.256. The van der Waals surface area contributed by atoms with Crippen molar-refractivity contribution in [1.29, 1.82) is 0 Å². The van der Waals surface area contributed by atoms with Gasteiger partial charge in [0.05, 0.1) is 0 Å². The van der Waals surface area contributed by atoms with E-state index in [-0.39, 0.29) is 5.41 Å². The molecule has 1 aliphatic heterocycles. The van der Waals surface area contributed by atoms with Gasteiger partial charge in [-0.1, -0.05) is 62.4 Å². The zero-order valence-electron chi connectivity index (χ0n) is 19.4. The summed E-state index contributed by atoms with van der Waals surface area (Å²) in [5.74, 6) is -1.13. The second kappa shape index (κ2) is 10.2. The fourth-order valence-corrected chi connectivity index (χ4v) is 5.50. The van der Waals surface area contributed by atoms with Gasteiger partial charge in [0.15, 0.2) is 11.6 Å². The molecule has 172 valence electrons. The Hall–Kier alpha value is -2.43. The highest BCUT2D eigenvalue weighted by molar-refractivity contribution is 7.97. The summed E-state index contributed by atoms with van der Waals surface area (Å²) in [7, 11) is 0. The molecule has 1 nitrogen and oxygen atoms in total. The van der Waals surface area contributed by atoms with Crippen molar-refractivity contribution in [3.63, 3.8) is 0 Å². The van der Waals surface area contributed by atoms with Crippen LogP contribution in [-0.2, 0) is 6.42 Å². The molecule has 33 heavy (non-hydrogen) atoms. The first-order valence-corrected chi connectivity index (χ1v) is 12.3. The highest BCUT2D eigenvalue weighted by Crippen LogP contribution is 2.35. The molecule has 0 amide bonds. The minimum Gasteiger partial charge on any atom is -0.246 e. The number of hydrogen-bond acceptors (Lipinski definition) is 2. The monoisotopic (exact) mass is 463 g/mol. The fraction of sp³-hybridized carbons (Fsp3) is 0.310. The molecule has 0 N–H and O–H groups in total. The topological polar surface area (TPSA) is 3.24 Å². The van der Waals surface area contributed by atoms with Crippen molar-refractivity contribution < 1.29 is 8.78 Å². The zero-order chi connectivity index (χ0) is 23.4. The third-order valence-corrected chi connectivity index (χ3v) is 7.39. The van der Waals surface area contributed by atoms with E-state index in [1.54, 1.807) is 18.0 Å². The molecule has 0 saturated carbocycles. The maximum atomic E-state index is 13.7. The summed E-state index contributed by atoms with van der Waals surface area (Å²) in [6, 6.07) is 21.1. The van der Waals surface area contributed by atoms with Gasteiger partial charge in [0.1, 0.15) is 0 Å². The van der Waals surface area contributed by atoms with Crippen molar-refractivity contribution in [2.45, 2.75) is 43.9 Å². The van der Waals surface area contributed by atoms with Crippen LogP contribution in [-0.4, -0.2) is 17.4 Å². The number of hydrogen-bond donors (Lipinski definition) is 0. The van der Waals surface area contributed by atoms with Crippen molar-refractivity contribution in [2.75, 3.05) is 13.1 Å². The number of benzene rings is 3. The smallest absolute Gasteiger partial charge is 0.159 e. The summed E-state index contributed by atoms with van der Waals surface area (Å²) in [6.07, 6.45) is 5.38. The third-order valence-electron chi connectivity index (χ3n) is 6.34. The number of nitrogens with zero attached hydrogens (tertiary/aromatic N) is 1. The average molecular weight is 464 g/mol. The van der Waals surface area contributed by atoms with E-state index >= 15 is 0 Å². The standard InChI is InChI=1S/C29H31F2NS/c1-4-29(2,3)19-21-8-5-9-22(16-21)25-11-7-15-32(20-25)33-26-12-6-10-23(17-26)24-13-14-27(30)28(31)18-24/h4-6,8-10,12-14,16-18,25H,1,7,11,15,19-20H2,2-3H3. The number of piperidine rings is 1. The average Bonchev–Trinajstić information content (AvgIpc) is 2.81. The molecule has 4 rings (SSSR count). The Morgan fingerprint density at radius 3 is 2.58 bits per heavy atom. The first-order chi connectivity index (χ1) is 15.8. The molecule has 4 heteroatoms. The van der Waals surface area contributed by atoms with Gasteiger partial charge in [-0.3, -0.25) is 0 Å². The SMILES string of the molecule is C=CC(C)(C)Cc1cccc(C2CCCN(Sc3cccc(-c4ccc(F)c(F)c4)c3)C2)c1. The van der Waals surface area contributed by atoms with Gasteiger partial charge in [-0.05, 0) is 89.1 Å². The van der Waals surface area contributed by atoms with Crippen LogP contribution in [0.4, 0.5) is 8.78 Å². The van der Waals surface area contributed by atoms with E-state index in [0.29, 0.717) is 11.5 Å². The predicted molar refractivity (Wildman–Crippen MR) is 135 cm³/mol. The highest BCUT2D eigenvalue weighted by atomic mass is 32.2. The molecular weight excluding hydrogens is 432 g/mol. The Morgan fingerprint density at radius 1 is 1.00 bits per heavy atom. The van der Waals surface area contributed by atoms with Crippen LogP contribution < -0.4 is 0 Å². The first kappa shape index (κ1) is 23.7. The molecule has 0 aromatic heterocycles. The maximum Gasteiger partial charge on any atom is 0.159 e. The molecule has 1 heterocycles. The van der Waals surface area contributed by atoms with Gasteiger partial charge in [-0.15, -0.1) is 6.58 Å². The Morgan fingerprint density at radius 2 is 1.79 bits per heavy atom. The summed E-state index contributed by atoms with van der Waals surface area (Å²) in [4.78, 5) is 1.11. The Bertz CT molecular complexity index is 1120. The van der Waals surface area contributed by atoms with Crippen LogP contribution in [0.25, 0.3) is 11.1 Å². The fourth-order valence-electron chi connectivity index (χ4n) is 4.41. The van der Waals surface area contributed by atoms with Crippen molar-refractivity contribution in [2.24, 2.45) is 5.41 Å². The van der Waals surface area contributed by atoms with Crippen LogP contribution >= 0.6 is 11.9 Å². The van der Waals surface area contributed by atoms with Crippen LogP contribution in [0, 0.1) is 17.0 Å².